The van der Waals surface area contributed by atoms with Crippen LogP contribution in [0.2, 0.25) is 5.02 Å². The van der Waals surface area contributed by atoms with Gasteiger partial charge < -0.3 is 19.9 Å². The monoisotopic (exact) mass is 349 g/mol. The smallest absolute Gasteiger partial charge is 0.317 e. The molecule has 0 radical (unpaired) electrons. The number of nitrogens with one attached hydrogen (secondary N) is 1. The van der Waals surface area contributed by atoms with Gasteiger partial charge in [0.05, 0.1) is 11.6 Å². The molecule has 0 aliphatic carbocycles. The second kappa shape index (κ2) is 8.11. The van der Waals surface area contributed by atoms with E-state index >= 15 is 0 Å². The Morgan fingerprint density at radius 1 is 1.38 bits per heavy atom. The standard InChI is InChI=1S/C18H24ClN3O2/c1-13(4-5-14-6-8-17(23)9-7-14)20-18(24)22(3)12-16-10-15(19)11-21(16)2/h6-11,13,23H,4-5,12H2,1-3H3,(H,20,24)/t13-/m1/s1. The number of nitrogens with zero attached hydrogens (tertiary/aromatic N) is 2. The van der Waals surface area contributed by atoms with Crippen molar-refractivity contribution in [1.29, 1.82) is 0 Å². The maximum absolute atomic E-state index is 12.3. The van der Waals surface area contributed by atoms with E-state index in [-0.39, 0.29) is 17.8 Å². The van der Waals surface area contributed by atoms with Crippen molar-refractivity contribution in [3.8, 4) is 5.75 Å². The highest BCUT2D eigenvalue weighted by Gasteiger charge is 2.14. The lowest BCUT2D eigenvalue weighted by molar-refractivity contribution is 0.202. The van der Waals surface area contributed by atoms with Crippen molar-refractivity contribution in [3.05, 3.63) is 52.8 Å². The first kappa shape index (κ1) is 18.2. The first-order valence-electron chi connectivity index (χ1n) is 7.95. The molecule has 24 heavy (non-hydrogen) atoms. The number of urea groups is 1. The molecule has 2 N–H and O–H groups in total. The molecular formula is C18H24ClN3O2. The maximum Gasteiger partial charge on any atom is 0.317 e. The van der Waals surface area contributed by atoms with Crippen LogP contribution >= 0.6 is 11.6 Å². The Balaban J connectivity index is 1.79. The van der Waals surface area contributed by atoms with Crippen LogP contribution in [0.4, 0.5) is 4.79 Å². The van der Waals surface area contributed by atoms with Crippen LogP contribution in [0, 0.1) is 0 Å². The van der Waals surface area contributed by atoms with Crippen molar-refractivity contribution in [3.63, 3.8) is 0 Å². The van der Waals surface area contributed by atoms with E-state index in [1.54, 1.807) is 24.1 Å². The third-order valence-electron chi connectivity index (χ3n) is 3.99. The number of hydrogen-bond donors (Lipinski definition) is 2. The Kier molecular flexibility index (Phi) is 6.15. The Bertz CT molecular complexity index is 682. The summed E-state index contributed by atoms with van der Waals surface area (Å²) in [5.41, 5.74) is 2.12. The van der Waals surface area contributed by atoms with Crippen LogP contribution < -0.4 is 5.32 Å². The summed E-state index contributed by atoms with van der Waals surface area (Å²) in [5.74, 6) is 0.266. The van der Waals surface area contributed by atoms with E-state index in [0.717, 1.165) is 24.1 Å². The fraction of sp³-hybridized carbons (Fsp3) is 0.389. The summed E-state index contributed by atoms with van der Waals surface area (Å²) in [6, 6.07) is 8.97. The van der Waals surface area contributed by atoms with Gasteiger partial charge in [-0.25, -0.2) is 4.79 Å². The third-order valence-corrected chi connectivity index (χ3v) is 4.20. The predicted octanol–water partition coefficient (Wildman–Crippen LogP) is 3.55. The number of hydrogen-bond acceptors (Lipinski definition) is 2. The van der Waals surface area contributed by atoms with Gasteiger partial charge in [0.1, 0.15) is 5.75 Å². The number of phenols is 1. The highest BCUT2D eigenvalue weighted by Crippen LogP contribution is 2.14. The molecule has 2 rings (SSSR count). The van der Waals surface area contributed by atoms with Crippen LogP contribution in [-0.4, -0.2) is 33.7 Å². The van der Waals surface area contributed by atoms with Crippen LogP contribution in [0.25, 0.3) is 0 Å². The fourth-order valence-corrected chi connectivity index (χ4v) is 2.75. The lowest BCUT2D eigenvalue weighted by Gasteiger charge is -2.21. The molecule has 0 saturated heterocycles. The number of halogens is 1. The lowest BCUT2D eigenvalue weighted by Crippen LogP contribution is -2.41. The molecule has 0 fully saturated rings. The number of carbonyl (C=O) groups excluding carboxylic acids is 1. The van der Waals surface area contributed by atoms with Crippen molar-refractivity contribution in [2.24, 2.45) is 7.05 Å². The van der Waals surface area contributed by atoms with Crippen LogP contribution in [0.3, 0.4) is 0 Å². The molecule has 0 bridgehead atoms. The van der Waals surface area contributed by atoms with Crippen LogP contribution in [0.1, 0.15) is 24.6 Å². The second-order valence-corrected chi connectivity index (χ2v) is 6.61. The zero-order valence-corrected chi connectivity index (χ0v) is 15.0. The highest BCUT2D eigenvalue weighted by molar-refractivity contribution is 6.30. The van der Waals surface area contributed by atoms with E-state index in [1.807, 2.05) is 42.9 Å². The van der Waals surface area contributed by atoms with Gasteiger partial charge in [-0.2, -0.15) is 0 Å². The number of carbonyl (C=O) groups is 1. The van der Waals surface area contributed by atoms with E-state index in [2.05, 4.69) is 5.32 Å². The number of aromatic nitrogens is 1. The highest BCUT2D eigenvalue weighted by atomic mass is 35.5. The first-order chi connectivity index (χ1) is 11.3. The molecule has 1 aromatic carbocycles. The Morgan fingerprint density at radius 2 is 2.04 bits per heavy atom. The van der Waals surface area contributed by atoms with Gasteiger partial charge >= 0.3 is 6.03 Å². The van der Waals surface area contributed by atoms with Crippen LogP contribution in [-0.2, 0) is 20.0 Å². The zero-order chi connectivity index (χ0) is 17.7. The number of aryl methyl sites for hydroxylation is 2. The largest absolute Gasteiger partial charge is 0.508 e. The number of amides is 2. The zero-order valence-electron chi connectivity index (χ0n) is 14.3. The van der Waals surface area contributed by atoms with Crippen molar-refractivity contribution in [2.75, 3.05) is 7.05 Å². The molecule has 1 aromatic heterocycles. The number of benzene rings is 1. The van der Waals surface area contributed by atoms with Gasteiger partial charge in [-0.3, -0.25) is 0 Å². The average molecular weight is 350 g/mol. The molecule has 0 aliphatic rings. The van der Waals surface area contributed by atoms with Gasteiger partial charge in [0.25, 0.3) is 0 Å². The van der Waals surface area contributed by atoms with Gasteiger partial charge in [0.15, 0.2) is 0 Å². The molecular weight excluding hydrogens is 326 g/mol. The summed E-state index contributed by atoms with van der Waals surface area (Å²) < 4.78 is 1.92. The Hall–Kier alpha value is -2.14. The molecule has 1 heterocycles. The minimum atomic E-state index is -0.106. The van der Waals surface area contributed by atoms with E-state index in [1.165, 1.54) is 0 Å². The average Bonchev–Trinajstić information content (AvgIpc) is 2.84. The minimum absolute atomic E-state index is 0.0609. The number of rotatable bonds is 6. The van der Waals surface area contributed by atoms with Crippen LogP contribution in [0.15, 0.2) is 36.5 Å². The molecule has 5 nitrogen and oxygen atoms in total. The van der Waals surface area contributed by atoms with Crippen LogP contribution in [0.5, 0.6) is 5.75 Å². The topological polar surface area (TPSA) is 57.5 Å². The molecule has 1 atom stereocenters. The predicted molar refractivity (Wildman–Crippen MR) is 96.3 cm³/mol. The Labute approximate surface area is 147 Å². The second-order valence-electron chi connectivity index (χ2n) is 6.17. The molecule has 0 aliphatic heterocycles. The summed E-state index contributed by atoms with van der Waals surface area (Å²) in [6.07, 6.45) is 3.50. The molecule has 0 unspecified atom stereocenters. The van der Waals surface area contributed by atoms with Crippen molar-refractivity contribution < 1.29 is 9.90 Å². The van der Waals surface area contributed by atoms with Gasteiger partial charge in [0, 0.05) is 32.0 Å². The van der Waals surface area contributed by atoms with E-state index in [4.69, 9.17) is 11.6 Å². The summed E-state index contributed by atoms with van der Waals surface area (Å²) in [7, 11) is 3.68. The summed E-state index contributed by atoms with van der Waals surface area (Å²) >= 11 is 5.97. The maximum atomic E-state index is 12.3. The molecule has 2 aromatic rings. The fourth-order valence-electron chi connectivity index (χ4n) is 2.48. The van der Waals surface area contributed by atoms with Gasteiger partial charge in [-0.15, -0.1) is 0 Å². The molecule has 0 saturated carbocycles. The minimum Gasteiger partial charge on any atom is -0.508 e. The third kappa shape index (κ3) is 5.20. The summed E-state index contributed by atoms with van der Waals surface area (Å²) in [6.45, 7) is 2.49. The molecule has 0 spiro atoms. The number of phenolic OH excluding ortho intramolecular Hbond substituents is 1. The van der Waals surface area contributed by atoms with Gasteiger partial charge in [-0.05, 0) is 43.5 Å². The normalized spacial score (nSPS) is 12.0. The lowest BCUT2D eigenvalue weighted by atomic mass is 10.1. The first-order valence-corrected chi connectivity index (χ1v) is 8.33. The molecule has 130 valence electrons. The van der Waals surface area contributed by atoms with Crippen molar-refractivity contribution >= 4 is 17.6 Å². The van der Waals surface area contributed by atoms with Gasteiger partial charge in [0.2, 0.25) is 0 Å². The van der Waals surface area contributed by atoms with E-state index in [9.17, 15) is 9.90 Å². The van der Waals surface area contributed by atoms with E-state index < -0.39 is 0 Å². The van der Waals surface area contributed by atoms with Crippen molar-refractivity contribution in [2.45, 2.75) is 32.4 Å². The molecule has 2 amide bonds. The summed E-state index contributed by atoms with van der Waals surface area (Å²) in [4.78, 5) is 13.9. The van der Waals surface area contributed by atoms with Crippen molar-refractivity contribution in [1.82, 2.24) is 14.8 Å². The SMILES string of the molecule is C[C@H](CCc1ccc(O)cc1)NC(=O)N(C)Cc1cc(Cl)cn1C. The number of aromatic hydroxyl groups is 1. The quantitative estimate of drug-likeness (QED) is 0.838. The van der Waals surface area contributed by atoms with E-state index in [0.29, 0.717) is 11.6 Å². The van der Waals surface area contributed by atoms with Gasteiger partial charge in [-0.1, -0.05) is 23.7 Å². The summed E-state index contributed by atoms with van der Waals surface area (Å²) in [5, 5.41) is 13.0. The molecule has 6 heteroatoms. The Morgan fingerprint density at radius 3 is 2.62 bits per heavy atom.